The van der Waals surface area contributed by atoms with Crippen molar-refractivity contribution in [2.45, 2.75) is 40.5 Å². The van der Waals surface area contributed by atoms with Crippen LogP contribution in [-0.4, -0.2) is 5.78 Å². The Kier molecular flexibility index (Phi) is 2.98. The van der Waals surface area contributed by atoms with Crippen LogP contribution in [0.2, 0.25) is 0 Å². The molecule has 1 heteroatoms. The first-order valence-corrected chi connectivity index (χ1v) is 5.26. The highest BCUT2D eigenvalue weighted by Gasteiger charge is 2.28. The van der Waals surface area contributed by atoms with Gasteiger partial charge in [-0.15, -0.1) is 0 Å². The van der Waals surface area contributed by atoms with Gasteiger partial charge >= 0.3 is 0 Å². The molecule has 0 saturated carbocycles. The van der Waals surface area contributed by atoms with Crippen molar-refractivity contribution in [1.82, 2.24) is 0 Å². The van der Waals surface area contributed by atoms with Crippen LogP contribution in [-0.2, 0) is 4.79 Å². The van der Waals surface area contributed by atoms with E-state index in [2.05, 4.69) is 40.3 Å². The molecule has 0 aromatic rings. The third kappa shape index (κ3) is 2.57. The van der Waals surface area contributed by atoms with Gasteiger partial charge in [0.25, 0.3) is 0 Å². The monoisotopic (exact) mass is 192 g/mol. The fourth-order valence-electron chi connectivity index (χ4n) is 2.04. The summed E-state index contributed by atoms with van der Waals surface area (Å²) in [5, 5.41) is 0. The molecular formula is C13H20O. The molecule has 1 aliphatic carbocycles. The van der Waals surface area contributed by atoms with Gasteiger partial charge < -0.3 is 0 Å². The van der Waals surface area contributed by atoms with E-state index in [1.807, 2.05) is 0 Å². The lowest BCUT2D eigenvalue weighted by Gasteiger charge is -2.28. The Morgan fingerprint density at radius 2 is 2.07 bits per heavy atom. The molecule has 0 aliphatic heterocycles. The number of rotatable bonds is 2. The summed E-state index contributed by atoms with van der Waals surface area (Å²) in [7, 11) is 0. The number of hydrogen-bond donors (Lipinski definition) is 0. The normalized spacial score (nSPS) is 21.4. The molecule has 0 spiro atoms. The van der Waals surface area contributed by atoms with E-state index in [4.69, 9.17) is 0 Å². The van der Waals surface area contributed by atoms with Crippen LogP contribution in [0.4, 0.5) is 0 Å². The number of Topliss-reactive ketones (excluding diaryl/α,β-unsaturated/α-hetero) is 1. The van der Waals surface area contributed by atoms with Crippen LogP contribution in [0.15, 0.2) is 23.8 Å². The van der Waals surface area contributed by atoms with Crippen molar-refractivity contribution < 1.29 is 4.79 Å². The van der Waals surface area contributed by atoms with Gasteiger partial charge in [0.15, 0.2) is 5.78 Å². The van der Waals surface area contributed by atoms with Gasteiger partial charge in [-0.2, -0.15) is 0 Å². The number of ketones is 1. The van der Waals surface area contributed by atoms with Gasteiger partial charge in [-0.3, -0.25) is 4.79 Å². The van der Waals surface area contributed by atoms with Crippen molar-refractivity contribution in [2.75, 3.05) is 0 Å². The number of allylic oxidation sites excluding steroid dienone is 3. The van der Waals surface area contributed by atoms with Crippen molar-refractivity contribution >= 4 is 5.78 Å². The lowest BCUT2D eigenvalue weighted by Crippen LogP contribution is -2.22. The smallest absolute Gasteiger partial charge is 0.184 e. The van der Waals surface area contributed by atoms with Gasteiger partial charge in [0, 0.05) is 0 Å². The number of hydrogen-bond acceptors (Lipinski definition) is 1. The van der Waals surface area contributed by atoms with Crippen LogP contribution in [0.5, 0.6) is 0 Å². The lowest BCUT2D eigenvalue weighted by molar-refractivity contribution is -0.113. The topological polar surface area (TPSA) is 17.1 Å². The summed E-state index contributed by atoms with van der Waals surface area (Å²) in [4.78, 5) is 11.8. The summed E-state index contributed by atoms with van der Waals surface area (Å²) in [5.41, 5.74) is 1.84. The van der Waals surface area contributed by atoms with Gasteiger partial charge in [-0.05, 0) is 35.3 Å². The quantitative estimate of drug-likeness (QED) is 0.612. The molecule has 0 heterocycles. The molecule has 1 rings (SSSR count). The van der Waals surface area contributed by atoms with Crippen molar-refractivity contribution in [3.05, 3.63) is 23.8 Å². The van der Waals surface area contributed by atoms with Crippen LogP contribution in [0.1, 0.15) is 40.5 Å². The highest BCUT2D eigenvalue weighted by atomic mass is 16.1. The summed E-state index contributed by atoms with van der Waals surface area (Å²) < 4.78 is 0. The van der Waals surface area contributed by atoms with Crippen LogP contribution in [0.25, 0.3) is 0 Å². The Hall–Kier alpha value is -0.850. The largest absolute Gasteiger partial charge is 0.289 e. The third-order valence-electron chi connectivity index (χ3n) is 2.47. The zero-order valence-electron chi connectivity index (χ0n) is 9.68. The second-order valence-corrected chi connectivity index (χ2v) is 5.37. The highest BCUT2D eigenvalue weighted by Crippen LogP contribution is 2.35. The standard InChI is InChI=1S/C13H20O/c1-9(2)6-11-8-13(4,5)7-10(3)12(11)14/h8-9H,3,6-7H2,1-2,4-5H3. The maximum Gasteiger partial charge on any atom is 0.184 e. The van der Waals surface area contributed by atoms with Gasteiger partial charge in [0.2, 0.25) is 0 Å². The predicted molar refractivity (Wildman–Crippen MR) is 60.1 cm³/mol. The van der Waals surface area contributed by atoms with E-state index in [9.17, 15) is 4.79 Å². The highest BCUT2D eigenvalue weighted by molar-refractivity contribution is 6.08. The molecule has 0 N–H and O–H groups in total. The van der Waals surface area contributed by atoms with Gasteiger partial charge in [-0.1, -0.05) is 40.3 Å². The van der Waals surface area contributed by atoms with E-state index in [0.29, 0.717) is 5.92 Å². The molecule has 78 valence electrons. The second kappa shape index (κ2) is 3.72. The lowest BCUT2D eigenvalue weighted by atomic mass is 9.75. The Labute approximate surface area is 86.9 Å². The molecule has 0 aromatic heterocycles. The molecule has 0 unspecified atom stereocenters. The van der Waals surface area contributed by atoms with E-state index < -0.39 is 0 Å². The van der Waals surface area contributed by atoms with Crippen LogP contribution >= 0.6 is 0 Å². The minimum Gasteiger partial charge on any atom is -0.289 e. The Morgan fingerprint density at radius 1 is 1.50 bits per heavy atom. The number of carbonyl (C=O) groups excluding carboxylic acids is 1. The Balaban J connectivity index is 2.95. The molecule has 14 heavy (non-hydrogen) atoms. The maximum atomic E-state index is 11.8. The summed E-state index contributed by atoms with van der Waals surface area (Å²) in [6, 6.07) is 0. The summed E-state index contributed by atoms with van der Waals surface area (Å²) in [6.45, 7) is 12.4. The fraction of sp³-hybridized carbons (Fsp3) is 0.615. The molecular weight excluding hydrogens is 172 g/mol. The molecule has 0 atom stereocenters. The second-order valence-electron chi connectivity index (χ2n) is 5.37. The molecule has 0 saturated heterocycles. The fourth-order valence-corrected chi connectivity index (χ4v) is 2.04. The minimum absolute atomic E-state index is 0.106. The zero-order chi connectivity index (χ0) is 10.9. The third-order valence-corrected chi connectivity index (χ3v) is 2.47. The molecule has 1 aliphatic rings. The molecule has 0 fully saturated rings. The van der Waals surface area contributed by atoms with Crippen LogP contribution in [0, 0.1) is 11.3 Å². The minimum atomic E-state index is 0.106. The van der Waals surface area contributed by atoms with Crippen molar-refractivity contribution in [1.29, 1.82) is 0 Å². The van der Waals surface area contributed by atoms with Crippen molar-refractivity contribution in [3.63, 3.8) is 0 Å². The van der Waals surface area contributed by atoms with Gasteiger partial charge in [-0.25, -0.2) is 0 Å². The van der Waals surface area contributed by atoms with E-state index in [-0.39, 0.29) is 11.2 Å². The summed E-state index contributed by atoms with van der Waals surface area (Å²) >= 11 is 0. The van der Waals surface area contributed by atoms with E-state index >= 15 is 0 Å². The molecule has 0 aromatic carbocycles. The first-order valence-electron chi connectivity index (χ1n) is 5.26. The summed E-state index contributed by atoms with van der Waals surface area (Å²) in [5.74, 6) is 0.713. The molecule has 0 radical (unpaired) electrons. The summed E-state index contributed by atoms with van der Waals surface area (Å²) in [6.07, 6.45) is 3.80. The number of carbonyl (C=O) groups is 1. The SMILES string of the molecule is C=C1CC(C)(C)C=C(CC(C)C)C1=O. The van der Waals surface area contributed by atoms with E-state index in [0.717, 1.165) is 24.0 Å². The average molecular weight is 192 g/mol. The van der Waals surface area contributed by atoms with Crippen LogP contribution in [0.3, 0.4) is 0 Å². The van der Waals surface area contributed by atoms with Gasteiger partial charge in [0.1, 0.15) is 0 Å². The first kappa shape index (κ1) is 11.2. The molecule has 0 amide bonds. The van der Waals surface area contributed by atoms with Gasteiger partial charge in [0.05, 0.1) is 0 Å². The molecule has 1 nitrogen and oxygen atoms in total. The van der Waals surface area contributed by atoms with E-state index in [1.165, 1.54) is 0 Å². The van der Waals surface area contributed by atoms with Crippen molar-refractivity contribution in [2.24, 2.45) is 11.3 Å². The van der Waals surface area contributed by atoms with E-state index in [1.54, 1.807) is 0 Å². The van der Waals surface area contributed by atoms with Crippen molar-refractivity contribution in [3.8, 4) is 0 Å². The Bertz CT molecular complexity index is 292. The molecule has 0 bridgehead atoms. The first-order chi connectivity index (χ1) is 6.32. The predicted octanol–water partition coefficient (Wildman–Crippen LogP) is 3.51. The average Bonchev–Trinajstić information content (AvgIpc) is 1.97. The maximum absolute atomic E-state index is 11.8. The Morgan fingerprint density at radius 3 is 2.57 bits per heavy atom. The van der Waals surface area contributed by atoms with Crippen LogP contribution < -0.4 is 0 Å². The zero-order valence-corrected chi connectivity index (χ0v) is 9.68.